The van der Waals surface area contributed by atoms with Crippen molar-refractivity contribution in [2.75, 3.05) is 5.32 Å². The van der Waals surface area contributed by atoms with E-state index in [1.807, 2.05) is 6.92 Å². The highest BCUT2D eigenvalue weighted by molar-refractivity contribution is 6.30. The predicted octanol–water partition coefficient (Wildman–Crippen LogP) is 3.60. The van der Waals surface area contributed by atoms with Crippen molar-refractivity contribution in [3.8, 4) is 0 Å². The molecule has 3 atom stereocenters. The number of hydrogen-bond acceptors (Lipinski definition) is 3. The Kier molecular flexibility index (Phi) is 3.18. The van der Waals surface area contributed by atoms with Crippen LogP contribution in [-0.2, 0) is 6.42 Å². The van der Waals surface area contributed by atoms with E-state index >= 15 is 0 Å². The lowest BCUT2D eigenvalue weighted by Crippen LogP contribution is -2.27. The van der Waals surface area contributed by atoms with Gasteiger partial charge in [-0.1, -0.05) is 24.9 Å². The standard InChI is InChI=1S/C14H20ClN3/c1-3-12-17-13(15)8(2)14(18-12)16-11-7-9-4-5-10(11)6-9/h9-11H,3-7H2,1-2H3,(H,16,17,18). The van der Waals surface area contributed by atoms with Gasteiger partial charge in [0.2, 0.25) is 0 Å². The third-order valence-electron chi connectivity index (χ3n) is 4.51. The van der Waals surface area contributed by atoms with Crippen LogP contribution in [0.1, 0.15) is 44.0 Å². The van der Waals surface area contributed by atoms with Gasteiger partial charge in [0.15, 0.2) is 0 Å². The van der Waals surface area contributed by atoms with Crippen LogP contribution < -0.4 is 5.32 Å². The van der Waals surface area contributed by atoms with E-state index in [1.165, 1.54) is 25.7 Å². The minimum Gasteiger partial charge on any atom is -0.367 e. The lowest BCUT2D eigenvalue weighted by Gasteiger charge is -2.24. The summed E-state index contributed by atoms with van der Waals surface area (Å²) in [5.74, 6) is 3.56. The van der Waals surface area contributed by atoms with Gasteiger partial charge in [0.1, 0.15) is 16.8 Å². The van der Waals surface area contributed by atoms with Gasteiger partial charge in [0, 0.05) is 18.0 Å². The molecular weight excluding hydrogens is 246 g/mol. The maximum atomic E-state index is 6.17. The lowest BCUT2D eigenvalue weighted by molar-refractivity contribution is 0.438. The van der Waals surface area contributed by atoms with E-state index in [4.69, 9.17) is 11.6 Å². The topological polar surface area (TPSA) is 37.8 Å². The summed E-state index contributed by atoms with van der Waals surface area (Å²) in [6.07, 6.45) is 6.32. The summed E-state index contributed by atoms with van der Waals surface area (Å²) in [6, 6.07) is 0.595. The molecule has 0 aromatic carbocycles. The molecule has 1 aromatic rings. The Morgan fingerprint density at radius 2 is 2.11 bits per heavy atom. The monoisotopic (exact) mass is 265 g/mol. The summed E-state index contributed by atoms with van der Waals surface area (Å²) in [6.45, 7) is 4.06. The van der Waals surface area contributed by atoms with E-state index in [0.717, 1.165) is 35.5 Å². The second-order valence-corrected chi connectivity index (χ2v) is 6.04. The highest BCUT2D eigenvalue weighted by atomic mass is 35.5. The molecule has 0 radical (unpaired) electrons. The van der Waals surface area contributed by atoms with E-state index in [1.54, 1.807) is 0 Å². The fourth-order valence-electron chi connectivity index (χ4n) is 3.43. The van der Waals surface area contributed by atoms with Crippen LogP contribution in [0.4, 0.5) is 5.82 Å². The number of aromatic nitrogens is 2. The van der Waals surface area contributed by atoms with Gasteiger partial charge in [0.05, 0.1) is 0 Å². The van der Waals surface area contributed by atoms with Crippen LogP contribution in [0.25, 0.3) is 0 Å². The maximum Gasteiger partial charge on any atom is 0.137 e. The molecule has 0 spiro atoms. The van der Waals surface area contributed by atoms with Crippen molar-refractivity contribution in [2.24, 2.45) is 11.8 Å². The molecule has 2 saturated carbocycles. The Hall–Kier alpha value is -0.830. The molecular formula is C14H20ClN3. The largest absolute Gasteiger partial charge is 0.367 e. The first-order valence-electron chi connectivity index (χ1n) is 6.97. The molecule has 1 N–H and O–H groups in total. The molecule has 98 valence electrons. The normalized spacial score (nSPS) is 29.8. The van der Waals surface area contributed by atoms with Crippen molar-refractivity contribution >= 4 is 17.4 Å². The Bertz CT molecular complexity index is 461. The molecule has 3 rings (SSSR count). The minimum absolute atomic E-state index is 0.590. The molecule has 1 heterocycles. The Morgan fingerprint density at radius 3 is 2.72 bits per heavy atom. The molecule has 0 amide bonds. The van der Waals surface area contributed by atoms with E-state index in [0.29, 0.717) is 11.2 Å². The van der Waals surface area contributed by atoms with Crippen LogP contribution in [0, 0.1) is 18.8 Å². The first-order chi connectivity index (χ1) is 8.67. The van der Waals surface area contributed by atoms with Crippen molar-refractivity contribution < 1.29 is 0 Å². The molecule has 3 unspecified atom stereocenters. The minimum atomic E-state index is 0.590. The van der Waals surface area contributed by atoms with E-state index in [2.05, 4.69) is 22.2 Å². The zero-order valence-corrected chi connectivity index (χ0v) is 11.8. The van der Waals surface area contributed by atoms with Crippen molar-refractivity contribution in [3.63, 3.8) is 0 Å². The molecule has 2 bridgehead atoms. The highest BCUT2D eigenvalue weighted by Crippen LogP contribution is 2.45. The number of fused-ring (bicyclic) bond motifs is 2. The van der Waals surface area contributed by atoms with Crippen LogP contribution in [0.5, 0.6) is 0 Å². The summed E-state index contributed by atoms with van der Waals surface area (Å²) < 4.78 is 0. The zero-order valence-electron chi connectivity index (χ0n) is 11.0. The number of anilines is 1. The summed E-state index contributed by atoms with van der Waals surface area (Å²) in [4.78, 5) is 8.88. The van der Waals surface area contributed by atoms with Crippen molar-refractivity contribution in [2.45, 2.75) is 52.0 Å². The number of rotatable bonds is 3. The van der Waals surface area contributed by atoms with Gasteiger partial charge in [-0.05, 0) is 38.0 Å². The number of aryl methyl sites for hydroxylation is 1. The molecule has 0 aliphatic heterocycles. The van der Waals surface area contributed by atoms with Crippen molar-refractivity contribution in [1.82, 2.24) is 9.97 Å². The molecule has 2 aliphatic carbocycles. The number of nitrogens with zero attached hydrogens (tertiary/aromatic N) is 2. The number of nitrogens with one attached hydrogen (secondary N) is 1. The quantitative estimate of drug-likeness (QED) is 0.849. The second-order valence-electron chi connectivity index (χ2n) is 5.68. The summed E-state index contributed by atoms with van der Waals surface area (Å²) in [5.41, 5.74) is 0.983. The van der Waals surface area contributed by atoms with Gasteiger partial charge in [-0.2, -0.15) is 0 Å². The summed E-state index contributed by atoms with van der Waals surface area (Å²) in [5, 5.41) is 4.21. The number of halogens is 1. The average Bonchev–Trinajstić information content (AvgIpc) is 2.96. The Balaban J connectivity index is 1.81. The molecule has 3 nitrogen and oxygen atoms in total. The number of hydrogen-bond donors (Lipinski definition) is 1. The smallest absolute Gasteiger partial charge is 0.137 e. The third kappa shape index (κ3) is 2.09. The maximum absolute atomic E-state index is 6.17. The van der Waals surface area contributed by atoms with Gasteiger partial charge < -0.3 is 5.32 Å². The molecule has 2 fully saturated rings. The molecule has 4 heteroatoms. The zero-order chi connectivity index (χ0) is 12.7. The van der Waals surface area contributed by atoms with Gasteiger partial charge in [-0.25, -0.2) is 9.97 Å². The molecule has 2 aliphatic rings. The molecule has 0 saturated heterocycles. The molecule has 1 aromatic heterocycles. The summed E-state index contributed by atoms with van der Waals surface area (Å²) in [7, 11) is 0. The van der Waals surface area contributed by atoms with Crippen LogP contribution >= 0.6 is 11.6 Å². The van der Waals surface area contributed by atoms with Crippen LogP contribution in [0.15, 0.2) is 0 Å². The Labute approximate surface area is 113 Å². The van der Waals surface area contributed by atoms with E-state index in [9.17, 15) is 0 Å². The Morgan fingerprint density at radius 1 is 1.28 bits per heavy atom. The fourth-order valence-corrected chi connectivity index (χ4v) is 3.62. The molecule has 18 heavy (non-hydrogen) atoms. The highest BCUT2D eigenvalue weighted by Gasteiger charge is 2.39. The van der Waals surface area contributed by atoms with Gasteiger partial charge in [-0.3, -0.25) is 0 Å². The first kappa shape index (κ1) is 12.2. The van der Waals surface area contributed by atoms with E-state index in [-0.39, 0.29) is 0 Å². The SMILES string of the molecule is CCc1nc(Cl)c(C)c(NC2CC3CCC2C3)n1. The van der Waals surface area contributed by atoms with Crippen LogP contribution in [0.3, 0.4) is 0 Å². The van der Waals surface area contributed by atoms with Crippen LogP contribution in [0.2, 0.25) is 5.15 Å². The van der Waals surface area contributed by atoms with Crippen molar-refractivity contribution in [1.29, 1.82) is 0 Å². The fraction of sp³-hybridized carbons (Fsp3) is 0.714. The second kappa shape index (κ2) is 4.69. The lowest BCUT2D eigenvalue weighted by atomic mass is 9.95. The predicted molar refractivity (Wildman–Crippen MR) is 74.0 cm³/mol. The van der Waals surface area contributed by atoms with Crippen LogP contribution in [-0.4, -0.2) is 16.0 Å². The van der Waals surface area contributed by atoms with Gasteiger partial charge in [0.25, 0.3) is 0 Å². The van der Waals surface area contributed by atoms with Gasteiger partial charge >= 0.3 is 0 Å². The van der Waals surface area contributed by atoms with E-state index < -0.39 is 0 Å². The summed E-state index contributed by atoms with van der Waals surface area (Å²) >= 11 is 6.17. The van der Waals surface area contributed by atoms with Gasteiger partial charge in [-0.15, -0.1) is 0 Å². The third-order valence-corrected chi connectivity index (χ3v) is 4.88. The first-order valence-corrected chi connectivity index (χ1v) is 7.34. The average molecular weight is 266 g/mol. The van der Waals surface area contributed by atoms with Crippen molar-refractivity contribution in [3.05, 3.63) is 16.5 Å².